The summed E-state index contributed by atoms with van der Waals surface area (Å²) in [7, 11) is 1.21. The van der Waals surface area contributed by atoms with Crippen LogP contribution in [0, 0.1) is 0 Å². The molecule has 0 spiro atoms. The molecule has 2 rings (SSSR count). The minimum absolute atomic E-state index is 0.0231. The van der Waals surface area contributed by atoms with Gasteiger partial charge in [0.1, 0.15) is 5.69 Å². The van der Waals surface area contributed by atoms with Crippen molar-refractivity contribution in [3.63, 3.8) is 0 Å². The quantitative estimate of drug-likeness (QED) is 0.715. The Kier molecular flexibility index (Phi) is 6.64. The average molecular weight is 374 g/mol. The molecule has 26 heavy (non-hydrogen) atoms. The van der Waals surface area contributed by atoms with E-state index in [1.54, 1.807) is 4.90 Å². The Morgan fingerprint density at radius 2 is 2.12 bits per heavy atom. The third-order valence-corrected chi connectivity index (χ3v) is 3.92. The van der Waals surface area contributed by atoms with Crippen LogP contribution >= 0.6 is 0 Å². The highest BCUT2D eigenvalue weighted by molar-refractivity contribution is 5.78. The summed E-state index contributed by atoms with van der Waals surface area (Å²) >= 11 is 0. The molecule has 1 aliphatic rings. The molecular weight excluding hydrogens is 353 g/mol. The van der Waals surface area contributed by atoms with E-state index in [-0.39, 0.29) is 18.3 Å². The molecule has 0 aromatic carbocycles. The number of carbonyl (C=O) groups excluding carboxylic acids is 2. The number of carbonyl (C=O) groups is 2. The zero-order valence-electron chi connectivity index (χ0n) is 14.4. The standard InChI is InChI=1S/C16H21F3N4O3/c1-26-14-11(5-6-12(22-14)16(17,18)19)10-21-15(25)20-7-3-9-23-8-2-4-13(23)24/h5-6H,2-4,7-10H2,1H3,(H2,20,21,25). The summed E-state index contributed by atoms with van der Waals surface area (Å²) in [5.74, 6) is -0.0518. The van der Waals surface area contributed by atoms with E-state index in [0.29, 0.717) is 31.5 Å². The molecule has 0 atom stereocenters. The molecule has 2 N–H and O–H groups in total. The van der Waals surface area contributed by atoms with Crippen LogP contribution in [0.1, 0.15) is 30.5 Å². The molecule has 10 heteroatoms. The second-order valence-electron chi connectivity index (χ2n) is 5.81. The van der Waals surface area contributed by atoms with Crippen LogP contribution in [0.4, 0.5) is 18.0 Å². The minimum atomic E-state index is -4.56. The number of methoxy groups -OCH3 is 1. The molecule has 144 valence electrons. The highest BCUT2D eigenvalue weighted by Gasteiger charge is 2.33. The van der Waals surface area contributed by atoms with Gasteiger partial charge in [0.05, 0.1) is 7.11 Å². The lowest BCUT2D eigenvalue weighted by Crippen LogP contribution is -2.37. The van der Waals surface area contributed by atoms with E-state index in [1.807, 2.05) is 0 Å². The monoisotopic (exact) mass is 374 g/mol. The van der Waals surface area contributed by atoms with Crippen molar-refractivity contribution in [1.82, 2.24) is 20.5 Å². The van der Waals surface area contributed by atoms with Crippen LogP contribution in [0.3, 0.4) is 0 Å². The van der Waals surface area contributed by atoms with E-state index in [2.05, 4.69) is 15.6 Å². The highest BCUT2D eigenvalue weighted by atomic mass is 19.4. The van der Waals surface area contributed by atoms with E-state index in [9.17, 15) is 22.8 Å². The Bertz CT molecular complexity index is 652. The smallest absolute Gasteiger partial charge is 0.433 e. The van der Waals surface area contributed by atoms with E-state index in [1.165, 1.54) is 13.2 Å². The lowest BCUT2D eigenvalue weighted by molar-refractivity contribution is -0.141. The number of hydrogen-bond acceptors (Lipinski definition) is 4. The maximum atomic E-state index is 12.6. The number of pyridine rings is 1. The van der Waals surface area contributed by atoms with Crippen molar-refractivity contribution in [1.29, 1.82) is 0 Å². The Labute approximate surface area is 148 Å². The molecule has 3 amide bonds. The first-order valence-electron chi connectivity index (χ1n) is 8.22. The molecule has 0 radical (unpaired) electrons. The van der Waals surface area contributed by atoms with E-state index < -0.39 is 17.9 Å². The molecule has 1 aliphatic heterocycles. The Hall–Kier alpha value is -2.52. The maximum Gasteiger partial charge on any atom is 0.433 e. The van der Waals surface area contributed by atoms with Gasteiger partial charge in [-0.25, -0.2) is 9.78 Å². The molecule has 0 unspecified atom stereocenters. The summed E-state index contributed by atoms with van der Waals surface area (Å²) in [6.07, 6.45) is -2.48. The molecule has 0 bridgehead atoms. The largest absolute Gasteiger partial charge is 0.481 e. The number of ether oxygens (including phenoxy) is 1. The number of halogens is 3. The number of nitrogens with zero attached hydrogens (tertiary/aromatic N) is 2. The SMILES string of the molecule is COc1nc(C(F)(F)F)ccc1CNC(=O)NCCCN1CCCC1=O. The summed E-state index contributed by atoms with van der Waals surface area (Å²) in [6.45, 7) is 1.71. The number of alkyl halides is 3. The summed E-state index contributed by atoms with van der Waals surface area (Å²) in [5, 5.41) is 5.17. The molecule has 1 aromatic heterocycles. The van der Waals surface area contributed by atoms with Crippen LogP contribution in [0.25, 0.3) is 0 Å². The topological polar surface area (TPSA) is 83.6 Å². The van der Waals surface area contributed by atoms with Gasteiger partial charge >= 0.3 is 12.2 Å². The first-order valence-corrected chi connectivity index (χ1v) is 8.22. The molecule has 1 fully saturated rings. The fourth-order valence-electron chi connectivity index (χ4n) is 2.59. The van der Waals surface area contributed by atoms with Crippen LogP contribution in [0.15, 0.2) is 12.1 Å². The number of hydrogen-bond donors (Lipinski definition) is 2. The third-order valence-electron chi connectivity index (χ3n) is 3.92. The molecule has 1 saturated heterocycles. The predicted octanol–water partition coefficient (Wildman–Crippen LogP) is 1.92. The van der Waals surface area contributed by atoms with E-state index in [4.69, 9.17) is 4.74 Å². The van der Waals surface area contributed by atoms with E-state index in [0.717, 1.165) is 19.0 Å². The second kappa shape index (κ2) is 8.72. The van der Waals surface area contributed by atoms with Crippen molar-refractivity contribution in [2.24, 2.45) is 0 Å². The van der Waals surface area contributed by atoms with Gasteiger partial charge in [-0.05, 0) is 25.0 Å². The number of amides is 3. The number of nitrogens with one attached hydrogen (secondary N) is 2. The minimum Gasteiger partial charge on any atom is -0.481 e. The molecule has 0 saturated carbocycles. The maximum absolute atomic E-state index is 12.6. The first kappa shape index (κ1) is 19.8. The van der Waals surface area contributed by atoms with Crippen molar-refractivity contribution in [2.45, 2.75) is 32.0 Å². The number of rotatable bonds is 7. The Morgan fingerprint density at radius 3 is 2.73 bits per heavy atom. The van der Waals surface area contributed by atoms with Gasteiger partial charge in [-0.3, -0.25) is 4.79 Å². The summed E-state index contributed by atoms with van der Waals surface area (Å²) in [5.41, 5.74) is -0.725. The number of urea groups is 1. The van der Waals surface area contributed by atoms with Gasteiger partial charge in [0.25, 0.3) is 0 Å². The van der Waals surface area contributed by atoms with E-state index >= 15 is 0 Å². The van der Waals surface area contributed by atoms with Crippen LogP contribution < -0.4 is 15.4 Å². The van der Waals surface area contributed by atoms with Crippen molar-refractivity contribution in [2.75, 3.05) is 26.7 Å². The molecule has 7 nitrogen and oxygen atoms in total. The predicted molar refractivity (Wildman–Crippen MR) is 86.5 cm³/mol. The van der Waals surface area contributed by atoms with Crippen molar-refractivity contribution in [3.05, 3.63) is 23.4 Å². The lowest BCUT2D eigenvalue weighted by Gasteiger charge is -2.15. The zero-order chi connectivity index (χ0) is 19.2. The second-order valence-corrected chi connectivity index (χ2v) is 5.81. The lowest BCUT2D eigenvalue weighted by atomic mass is 10.2. The Balaban J connectivity index is 1.75. The van der Waals surface area contributed by atoms with Gasteiger partial charge in [-0.15, -0.1) is 0 Å². The van der Waals surface area contributed by atoms with Crippen molar-refractivity contribution in [3.8, 4) is 5.88 Å². The first-order chi connectivity index (χ1) is 12.3. The van der Waals surface area contributed by atoms with Crippen LogP contribution in [0.2, 0.25) is 0 Å². The number of aromatic nitrogens is 1. The van der Waals surface area contributed by atoms with Crippen LogP contribution in [-0.4, -0.2) is 48.6 Å². The van der Waals surface area contributed by atoms with Crippen molar-refractivity contribution >= 4 is 11.9 Å². The Morgan fingerprint density at radius 1 is 1.35 bits per heavy atom. The summed E-state index contributed by atoms with van der Waals surface area (Å²) < 4.78 is 42.8. The molecule has 1 aromatic rings. The van der Waals surface area contributed by atoms with Gasteiger partial charge in [0.2, 0.25) is 11.8 Å². The van der Waals surface area contributed by atoms with Crippen molar-refractivity contribution < 1.29 is 27.5 Å². The van der Waals surface area contributed by atoms with Gasteiger partial charge in [-0.1, -0.05) is 0 Å². The fraction of sp³-hybridized carbons (Fsp3) is 0.562. The van der Waals surface area contributed by atoms with Crippen LogP contribution in [-0.2, 0) is 17.5 Å². The van der Waals surface area contributed by atoms with Gasteiger partial charge in [0, 0.05) is 38.2 Å². The summed E-state index contributed by atoms with van der Waals surface area (Å²) in [4.78, 5) is 28.4. The van der Waals surface area contributed by atoms with Crippen LogP contribution in [0.5, 0.6) is 5.88 Å². The third kappa shape index (κ3) is 5.50. The highest BCUT2D eigenvalue weighted by Crippen LogP contribution is 2.30. The number of likely N-dealkylation sites (tertiary alicyclic amines) is 1. The molecule has 2 heterocycles. The van der Waals surface area contributed by atoms with Gasteiger partial charge < -0.3 is 20.3 Å². The molecular formula is C16H21F3N4O3. The van der Waals surface area contributed by atoms with Gasteiger partial charge in [0.15, 0.2) is 0 Å². The normalized spacial score (nSPS) is 14.5. The zero-order valence-corrected chi connectivity index (χ0v) is 14.4. The fourth-order valence-corrected chi connectivity index (χ4v) is 2.59. The molecule has 0 aliphatic carbocycles. The summed E-state index contributed by atoms with van der Waals surface area (Å²) in [6, 6.07) is 1.60. The van der Waals surface area contributed by atoms with Gasteiger partial charge in [-0.2, -0.15) is 13.2 Å². The average Bonchev–Trinajstić information content (AvgIpc) is 3.00.